The summed E-state index contributed by atoms with van der Waals surface area (Å²) in [5.41, 5.74) is 3.40. The van der Waals surface area contributed by atoms with Gasteiger partial charge >= 0.3 is 0 Å². The number of aromatic nitrogens is 2. The van der Waals surface area contributed by atoms with Gasteiger partial charge in [0.1, 0.15) is 0 Å². The first-order valence-corrected chi connectivity index (χ1v) is 10.9. The summed E-state index contributed by atoms with van der Waals surface area (Å²) in [5.74, 6) is 0.646. The molecular formula is C21H18N2O2S2. The van der Waals surface area contributed by atoms with Crippen LogP contribution in [0.25, 0.3) is 11.0 Å². The van der Waals surface area contributed by atoms with E-state index in [9.17, 15) is 8.42 Å². The van der Waals surface area contributed by atoms with E-state index >= 15 is 0 Å². The van der Waals surface area contributed by atoms with Gasteiger partial charge in [0.2, 0.25) is 0 Å². The van der Waals surface area contributed by atoms with Crippen LogP contribution in [0.4, 0.5) is 0 Å². The molecule has 0 saturated heterocycles. The van der Waals surface area contributed by atoms with E-state index in [1.54, 1.807) is 18.2 Å². The number of imidazole rings is 1. The molecule has 1 aromatic heterocycles. The van der Waals surface area contributed by atoms with Gasteiger partial charge in [0.15, 0.2) is 5.16 Å². The highest BCUT2D eigenvalue weighted by molar-refractivity contribution is 7.99. The number of thioether (sulfide) groups is 1. The van der Waals surface area contributed by atoms with Crippen LogP contribution in [0.5, 0.6) is 0 Å². The minimum atomic E-state index is -3.74. The van der Waals surface area contributed by atoms with Gasteiger partial charge in [-0.25, -0.2) is 17.4 Å². The van der Waals surface area contributed by atoms with Gasteiger partial charge < -0.3 is 0 Å². The second-order valence-electron chi connectivity index (χ2n) is 6.24. The number of fused-ring (bicyclic) bond motifs is 1. The van der Waals surface area contributed by atoms with Crippen molar-refractivity contribution < 1.29 is 8.42 Å². The lowest BCUT2D eigenvalue weighted by Gasteiger charge is -2.10. The average molecular weight is 395 g/mol. The summed E-state index contributed by atoms with van der Waals surface area (Å²) < 4.78 is 28.1. The topological polar surface area (TPSA) is 52.0 Å². The molecule has 0 N–H and O–H groups in total. The van der Waals surface area contributed by atoms with Gasteiger partial charge in [0.05, 0.1) is 15.9 Å². The summed E-state index contributed by atoms with van der Waals surface area (Å²) in [7, 11) is -3.74. The van der Waals surface area contributed by atoms with Crippen LogP contribution < -0.4 is 0 Å². The minimum absolute atomic E-state index is 0.262. The van der Waals surface area contributed by atoms with Crippen molar-refractivity contribution in [3.05, 3.63) is 90.0 Å². The molecule has 0 spiro atoms. The predicted molar refractivity (Wildman–Crippen MR) is 109 cm³/mol. The molecule has 0 aliphatic heterocycles. The fourth-order valence-corrected chi connectivity index (χ4v) is 5.51. The van der Waals surface area contributed by atoms with Crippen LogP contribution in [-0.4, -0.2) is 17.4 Å². The normalized spacial score (nSPS) is 11.7. The molecule has 0 fully saturated rings. The zero-order chi connectivity index (χ0) is 18.9. The van der Waals surface area contributed by atoms with Gasteiger partial charge in [0.25, 0.3) is 10.0 Å². The molecular weight excluding hydrogens is 376 g/mol. The highest BCUT2D eigenvalue weighted by Crippen LogP contribution is 2.30. The molecule has 0 unspecified atom stereocenters. The van der Waals surface area contributed by atoms with Gasteiger partial charge in [-0.05, 0) is 36.8 Å². The number of aryl methyl sites for hydroxylation is 1. The third-order valence-corrected chi connectivity index (χ3v) is 7.10. The summed E-state index contributed by atoms with van der Waals surface area (Å²) in [5, 5.41) is 0.473. The summed E-state index contributed by atoms with van der Waals surface area (Å²) >= 11 is 1.42. The van der Waals surface area contributed by atoms with Crippen molar-refractivity contribution in [2.45, 2.75) is 22.7 Å². The monoisotopic (exact) mass is 394 g/mol. The van der Waals surface area contributed by atoms with Crippen molar-refractivity contribution in [1.29, 1.82) is 0 Å². The quantitative estimate of drug-likeness (QED) is 0.453. The van der Waals surface area contributed by atoms with Crippen molar-refractivity contribution >= 4 is 32.8 Å². The number of hydrogen-bond donors (Lipinski definition) is 0. The standard InChI is InChI=1S/C21H18N2O2S2/c1-16-11-13-18(14-12-16)27(24,25)23-20-10-6-5-9-19(20)22-21(23)26-15-17-7-3-2-4-8-17/h2-14H,15H2,1H3. The molecule has 0 bridgehead atoms. The minimum Gasteiger partial charge on any atom is -0.222 e. The maximum absolute atomic E-state index is 13.4. The fraction of sp³-hybridized carbons (Fsp3) is 0.0952. The number of hydrogen-bond acceptors (Lipinski definition) is 4. The highest BCUT2D eigenvalue weighted by atomic mass is 32.2. The molecule has 4 nitrogen and oxygen atoms in total. The Bertz CT molecular complexity index is 1180. The number of benzene rings is 3. The molecule has 0 saturated carbocycles. The van der Waals surface area contributed by atoms with Crippen LogP contribution >= 0.6 is 11.8 Å². The third kappa shape index (κ3) is 3.50. The Morgan fingerprint density at radius 3 is 2.30 bits per heavy atom. The maximum atomic E-state index is 13.4. The van der Waals surface area contributed by atoms with Gasteiger partial charge in [-0.15, -0.1) is 0 Å². The van der Waals surface area contributed by atoms with Crippen molar-refractivity contribution in [2.75, 3.05) is 0 Å². The van der Waals surface area contributed by atoms with Crippen LogP contribution in [0.15, 0.2) is 88.9 Å². The molecule has 0 atom stereocenters. The first kappa shape index (κ1) is 17.8. The van der Waals surface area contributed by atoms with E-state index in [-0.39, 0.29) is 4.90 Å². The molecule has 0 aliphatic carbocycles. The molecule has 3 aromatic carbocycles. The predicted octanol–water partition coefficient (Wildman–Crippen LogP) is 4.87. The number of rotatable bonds is 5. The molecule has 0 amide bonds. The molecule has 136 valence electrons. The largest absolute Gasteiger partial charge is 0.270 e. The zero-order valence-electron chi connectivity index (χ0n) is 14.7. The molecule has 6 heteroatoms. The van der Waals surface area contributed by atoms with Crippen LogP contribution in [-0.2, 0) is 15.8 Å². The van der Waals surface area contributed by atoms with E-state index in [2.05, 4.69) is 4.98 Å². The Morgan fingerprint density at radius 1 is 0.889 bits per heavy atom. The Kier molecular flexibility index (Phi) is 4.76. The second kappa shape index (κ2) is 7.21. The highest BCUT2D eigenvalue weighted by Gasteiger charge is 2.24. The van der Waals surface area contributed by atoms with Crippen molar-refractivity contribution in [1.82, 2.24) is 8.96 Å². The van der Waals surface area contributed by atoms with Gasteiger partial charge in [-0.3, -0.25) is 0 Å². The van der Waals surface area contributed by atoms with E-state index in [0.29, 0.717) is 21.9 Å². The van der Waals surface area contributed by atoms with Gasteiger partial charge in [-0.1, -0.05) is 71.9 Å². The lowest BCUT2D eigenvalue weighted by Crippen LogP contribution is -2.14. The smallest absolute Gasteiger partial charge is 0.222 e. The Labute approximate surface area is 162 Å². The van der Waals surface area contributed by atoms with Gasteiger partial charge in [-0.2, -0.15) is 0 Å². The average Bonchev–Trinajstić information content (AvgIpc) is 3.07. The Balaban J connectivity index is 1.81. The second-order valence-corrected chi connectivity index (χ2v) is 8.97. The number of nitrogens with zero attached hydrogens (tertiary/aromatic N) is 2. The van der Waals surface area contributed by atoms with Crippen molar-refractivity contribution in [3.8, 4) is 0 Å². The zero-order valence-corrected chi connectivity index (χ0v) is 16.4. The summed E-state index contributed by atoms with van der Waals surface area (Å²) in [4.78, 5) is 4.85. The maximum Gasteiger partial charge on any atom is 0.270 e. The van der Waals surface area contributed by atoms with E-state index < -0.39 is 10.0 Å². The van der Waals surface area contributed by atoms with Crippen molar-refractivity contribution in [2.24, 2.45) is 0 Å². The Hall–Kier alpha value is -2.57. The SMILES string of the molecule is Cc1ccc(S(=O)(=O)n2c(SCc3ccccc3)nc3ccccc32)cc1. The van der Waals surface area contributed by atoms with Gasteiger partial charge in [0, 0.05) is 5.75 Å². The first-order valence-electron chi connectivity index (χ1n) is 8.52. The van der Waals surface area contributed by atoms with Crippen LogP contribution in [0.3, 0.4) is 0 Å². The molecule has 1 heterocycles. The lowest BCUT2D eigenvalue weighted by atomic mass is 10.2. The Morgan fingerprint density at radius 2 is 1.56 bits per heavy atom. The summed E-state index contributed by atoms with van der Waals surface area (Å²) in [6, 6.07) is 24.2. The molecule has 0 radical (unpaired) electrons. The molecule has 0 aliphatic rings. The molecule has 27 heavy (non-hydrogen) atoms. The van der Waals surface area contributed by atoms with Crippen LogP contribution in [0, 0.1) is 6.92 Å². The van der Waals surface area contributed by atoms with Crippen LogP contribution in [0.2, 0.25) is 0 Å². The number of para-hydroxylation sites is 2. The summed E-state index contributed by atoms with van der Waals surface area (Å²) in [6.07, 6.45) is 0. The first-order chi connectivity index (χ1) is 13.1. The third-order valence-electron chi connectivity index (χ3n) is 4.26. The van der Waals surface area contributed by atoms with Crippen molar-refractivity contribution in [3.63, 3.8) is 0 Å². The van der Waals surface area contributed by atoms with E-state index in [0.717, 1.165) is 11.1 Å². The van der Waals surface area contributed by atoms with Crippen LogP contribution in [0.1, 0.15) is 11.1 Å². The molecule has 4 rings (SSSR count). The molecule has 4 aromatic rings. The summed E-state index contributed by atoms with van der Waals surface area (Å²) in [6.45, 7) is 1.93. The lowest BCUT2D eigenvalue weighted by molar-refractivity contribution is 0.584. The van der Waals surface area contributed by atoms with E-state index in [4.69, 9.17) is 0 Å². The fourth-order valence-electron chi connectivity index (χ4n) is 2.84. The van der Waals surface area contributed by atoms with E-state index in [1.807, 2.05) is 67.6 Å². The van der Waals surface area contributed by atoms with E-state index in [1.165, 1.54) is 15.7 Å².